The van der Waals surface area contributed by atoms with Crippen LogP contribution in [0.4, 0.5) is 0 Å². The van der Waals surface area contributed by atoms with Gasteiger partial charge in [0.25, 0.3) is 0 Å². The molecule has 2 aliphatic carbocycles. The minimum atomic E-state index is 0.395. The first-order valence-corrected chi connectivity index (χ1v) is 4.20. The number of carbonyl (C=O) groups is 1. The van der Waals surface area contributed by atoms with E-state index in [1.165, 1.54) is 32.0 Å². The van der Waals surface area contributed by atoms with Gasteiger partial charge in [0.05, 0.1) is 0 Å². The second-order valence-electron chi connectivity index (χ2n) is 4.24. The molecule has 0 aromatic carbocycles. The van der Waals surface area contributed by atoms with Gasteiger partial charge in [-0.2, -0.15) is 0 Å². The molecule has 2 saturated carbocycles. The quantitative estimate of drug-likeness (QED) is 0.506. The van der Waals surface area contributed by atoms with Crippen LogP contribution in [0.15, 0.2) is 0 Å². The zero-order valence-corrected chi connectivity index (χ0v) is 6.47. The number of rotatable bonds is 1. The fourth-order valence-electron chi connectivity index (χ4n) is 2.80. The minimum absolute atomic E-state index is 0.395. The monoisotopic (exact) mass is 138 g/mol. The van der Waals surface area contributed by atoms with Crippen molar-refractivity contribution in [2.24, 2.45) is 17.3 Å². The van der Waals surface area contributed by atoms with E-state index in [2.05, 4.69) is 6.92 Å². The maximum absolute atomic E-state index is 10.6. The molecule has 2 rings (SSSR count). The lowest BCUT2D eigenvalue weighted by atomic mass is 9.78. The molecule has 1 heteroatoms. The third kappa shape index (κ3) is 0.664. The van der Waals surface area contributed by atoms with Crippen LogP contribution in [-0.4, -0.2) is 6.29 Å². The number of hydrogen-bond acceptors (Lipinski definition) is 1. The third-order valence-electron chi connectivity index (χ3n) is 3.53. The summed E-state index contributed by atoms with van der Waals surface area (Å²) in [5, 5.41) is 0. The van der Waals surface area contributed by atoms with Gasteiger partial charge in [-0.05, 0) is 37.0 Å². The van der Waals surface area contributed by atoms with E-state index in [0.29, 0.717) is 11.3 Å². The predicted molar refractivity (Wildman–Crippen MR) is 39.6 cm³/mol. The fraction of sp³-hybridized carbons (Fsp3) is 0.889. The Kier molecular flexibility index (Phi) is 1.17. The number of aldehydes is 1. The summed E-state index contributed by atoms with van der Waals surface area (Å²) < 4.78 is 0. The van der Waals surface area contributed by atoms with Gasteiger partial charge in [0.1, 0.15) is 6.29 Å². The lowest BCUT2D eigenvalue weighted by molar-refractivity contribution is -0.114. The second-order valence-corrected chi connectivity index (χ2v) is 4.24. The van der Waals surface area contributed by atoms with Gasteiger partial charge in [0, 0.05) is 5.92 Å². The molecule has 0 radical (unpaired) electrons. The number of fused-ring (bicyclic) bond motifs is 2. The molecule has 0 aromatic heterocycles. The predicted octanol–water partition coefficient (Wildman–Crippen LogP) is 2.01. The van der Waals surface area contributed by atoms with Crippen LogP contribution in [0.3, 0.4) is 0 Å². The second kappa shape index (κ2) is 1.84. The first-order chi connectivity index (χ1) is 4.74. The average molecular weight is 138 g/mol. The third-order valence-corrected chi connectivity index (χ3v) is 3.53. The average Bonchev–Trinajstić information content (AvgIpc) is 2.41. The molecule has 2 bridgehead atoms. The van der Waals surface area contributed by atoms with Crippen LogP contribution in [0, 0.1) is 17.3 Å². The topological polar surface area (TPSA) is 17.1 Å². The largest absolute Gasteiger partial charge is 0.303 e. The first kappa shape index (κ1) is 6.38. The summed E-state index contributed by atoms with van der Waals surface area (Å²) >= 11 is 0. The highest BCUT2D eigenvalue weighted by atomic mass is 16.1. The molecule has 3 atom stereocenters. The Labute approximate surface area is 61.8 Å². The van der Waals surface area contributed by atoms with Crippen molar-refractivity contribution in [2.45, 2.75) is 32.6 Å². The van der Waals surface area contributed by atoms with E-state index < -0.39 is 0 Å². The highest BCUT2D eigenvalue weighted by Crippen LogP contribution is 2.56. The van der Waals surface area contributed by atoms with E-state index in [0.717, 1.165) is 5.92 Å². The minimum Gasteiger partial charge on any atom is -0.303 e. The van der Waals surface area contributed by atoms with Crippen LogP contribution in [-0.2, 0) is 4.79 Å². The molecule has 0 heterocycles. The normalized spacial score (nSPS) is 51.7. The highest BCUT2D eigenvalue weighted by Gasteiger charge is 2.48. The van der Waals surface area contributed by atoms with Crippen LogP contribution in [0.25, 0.3) is 0 Å². The Balaban J connectivity index is 2.21. The van der Waals surface area contributed by atoms with Crippen molar-refractivity contribution in [3.8, 4) is 0 Å². The summed E-state index contributed by atoms with van der Waals surface area (Å²) in [6.45, 7) is 2.28. The van der Waals surface area contributed by atoms with Crippen molar-refractivity contribution < 1.29 is 4.79 Å². The van der Waals surface area contributed by atoms with Gasteiger partial charge in [0.15, 0.2) is 0 Å². The van der Waals surface area contributed by atoms with Crippen molar-refractivity contribution in [2.75, 3.05) is 0 Å². The van der Waals surface area contributed by atoms with Gasteiger partial charge in [-0.1, -0.05) is 6.92 Å². The van der Waals surface area contributed by atoms with Crippen LogP contribution in [0.2, 0.25) is 0 Å². The Morgan fingerprint density at radius 1 is 1.60 bits per heavy atom. The molecule has 2 aliphatic rings. The summed E-state index contributed by atoms with van der Waals surface area (Å²) in [7, 11) is 0. The van der Waals surface area contributed by atoms with Crippen LogP contribution < -0.4 is 0 Å². The molecular weight excluding hydrogens is 124 g/mol. The van der Waals surface area contributed by atoms with Crippen LogP contribution in [0.1, 0.15) is 32.6 Å². The molecule has 0 saturated heterocycles. The fourth-order valence-corrected chi connectivity index (χ4v) is 2.80. The molecule has 0 amide bonds. The summed E-state index contributed by atoms with van der Waals surface area (Å²) in [5.74, 6) is 1.28. The summed E-state index contributed by atoms with van der Waals surface area (Å²) in [6.07, 6.45) is 6.34. The van der Waals surface area contributed by atoms with E-state index in [1.807, 2.05) is 0 Å². The SMILES string of the molecule is C[C@@]12CCC(C[C@@H]1C=O)C2. The maximum Gasteiger partial charge on any atom is 0.123 e. The van der Waals surface area contributed by atoms with Gasteiger partial charge in [0.2, 0.25) is 0 Å². The maximum atomic E-state index is 10.6. The van der Waals surface area contributed by atoms with Crippen molar-refractivity contribution in [3.05, 3.63) is 0 Å². The molecule has 0 N–H and O–H groups in total. The van der Waals surface area contributed by atoms with Crippen LogP contribution in [0.5, 0.6) is 0 Å². The van der Waals surface area contributed by atoms with Gasteiger partial charge in [-0.15, -0.1) is 0 Å². The molecule has 0 aromatic rings. The Hall–Kier alpha value is -0.330. The molecule has 10 heavy (non-hydrogen) atoms. The standard InChI is InChI=1S/C9H14O/c1-9-3-2-7(5-9)4-8(9)6-10/h6-8H,2-5H2,1H3/t7?,8-,9+/m1/s1. The van der Waals surface area contributed by atoms with E-state index in [-0.39, 0.29) is 0 Å². The highest BCUT2D eigenvalue weighted by molar-refractivity contribution is 5.56. The smallest absolute Gasteiger partial charge is 0.123 e. The van der Waals surface area contributed by atoms with E-state index in [1.54, 1.807) is 0 Å². The lowest BCUT2D eigenvalue weighted by Gasteiger charge is -2.26. The number of hydrogen-bond donors (Lipinski definition) is 0. The molecule has 0 aliphatic heterocycles. The van der Waals surface area contributed by atoms with Gasteiger partial charge < -0.3 is 4.79 Å². The molecule has 56 valence electrons. The lowest BCUT2D eigenvalue weighted by Crippen LogP contribution is -2.22. The Morgan fingerprint density at radius 2 is 2.40 bits per heavy atom. The molecule has 1 nitrogen and oxygen atoms in total. The molecule has 0 spiro atoms. The molecular formula is C9H14O. The van der Waals surface area contributed by atoms with E-state index >= 15 is 0 Å². The number of carbonyl (C=O) groups excluding carboxylic acids is 1. The summed E-state index contributed by atoms with van der Waals surface area (Å²) in [4.78, 5) is 10.6. The van der Waals surface area contributed by atoms with Crippen LogP contribution >= 0.6 is 0 Å². The Bertz CT molecular complexity index is 164. The first-order valence-electron chi connectivity index (χ1n) is 4.20. The van der Waals surface area contributed by atoms with Crippen molar-refractivity contribution in [3.63, 3.8) is 0 Å². The summed E-state index contributed by atoms with van der Waals surface area (Å²) in [6, 6.07) is 0. The van der Waals surface area contributed by atoms with Gasteiger partial charge in [-0.3, -0.25) is 0 Å². The zero-order valence-electron chi connectivity index (χ0n) is 6.47. The van der Waals surface area contributed by atoms with Crippen molar-refractivity contribution >= 4 is 6.29 Å². The van der Waals surface area contributed by atoms with Crippen molar-refractivity contribution in [1.29, 1.82) is 0 Å². The van der Waals surface area contributed by atoms with E-state index in [9.17, 15) is 4.79 Å². The molecule has 2 fully saturated rings. The Morgan fingerprint density at radius 3 is 2.70 bits per heavy atom. The van der Waals surface area contributed by atoms with E-state index in [4.69, 9.17) is 0 Å². The van der Waals surface area contributed by atoms with Crippen molar-refractivity contribution in [1.82, 2.24) is 0 Å². The molecule has 1 unspecified atom stereocenters. The van der Waals surface area contributed by atoms with Gasteiger partial charge in [-0.25, -0.2) is 0 Å². The van der Waals surface area contributed by atoms with Gasteiger partial charge >= 0.3 is 0 Å². The zero-order chi connectivity index (χ0) is 7.19. The summed E-state index contributed by atoms with van der Waals surface area (Å²) in [5.41, 5.74) is 0.409.